The molecular weight excluding hydrogens is 176 g/mol. The fourth-order valence-corrected chi connectivity index (χ4v) is 0.685. The summed E-state index contributed by atoms with van der Waals surface area (Å²) < 4.78 is 0. The third-order valence-electron chi connectivity index (χ3n) is 0.992. The highest BCUT2D eigenvalue weighted by Crippen LogP contribution is 2.00. The molecular formula is C8H11Br. The Balaban J connectivity index is 3.35. The molecule has 0 N–H and O–H groups in total. The Morgan fingerprint density at radius 3 is 2.89 bits per heavy atom. The average molecular weight is 187 g/mol. The first-order valence-electron chi connectivity index (χ1n) is 2.96. The monoisotopic (exact) mass is 186 g/mol. The Hall–Kier alpha value is -0.220. The smallest absolute Gasteiger partial charge is 0.0239 e. The van der Waals surface area contributed by atoms with Crippen LogP contribution in [0.2, 0.25) is 0 Å². The molecule has 0 aliphatic rings. The molecule has 0 amide bonds. The lowest BCUT2D eigenvalue weighted by Crippen LogP contribution is -1.75. The number of alkyl halides is 1. The van der Waals surface area contributed by atoms with Gasteiger partial charge < -0.3 is 0 Å². The molecule has 0 aromatic heterocycles. The molecule has 0 aromatic rings. The molecule has 0 fully saturated rings. The Labute approximate surface area is 65.5 Å². The quantitative estimate of drug-likeness (QED) is 0.276. The maximum absolute atomic E-state index is 5.07. The molecule has 0 nitrogen and oxygen atoms in total. The van der Waals surface area contributed by atoms with Crippen molar-refractivity contribution in [1.29, 1.82) is 0 Å². The molecule has 1 heteroatoms. The van der Waals surface area contributed by atoms with E-state index < -0.39 is 0 Å². The maximum atomic E-state index is 5.07. The number of rotatable bonds is 3. The molecule has 0 aliphatic heterocycles. The normalized spacial score (nSPS) is 11.0. The number of terminal acetylenes is 1. The van der Waals surface area contributed by atoms with Crippen molar-refractivity contribution in [1.82, 2.24) is 0 Å². The number of unbranched alkanes of at least 4 members (excludes halogenated alkanes) is 1. The van der Waals surface area contributed by atoms with Crippen molar-refractivity contribution in [3.8, 4) is 12.3 Å². The number of hydrogen-bond donors (Lipinski definition) is 0. The topological polar surface area (TPSA) is 0 Å². The van der Waals surface area contributed by atoms with Gasteiger partial charge in [0, 0.05) is 11.8 Å². The molecule has 0 saturated carbocycles. The summed E-state index contributed by atoms with van der Waals surface area (Å²) >= 11 is 3.35. The predicted molar refractivity (Wildman–Crippen MR) is 45.6 cm³/mol. The Bertz CT molecular complexity index is 128. The minimum atomic E-state index is 0.852. The number of halogens is 1. The Kier molecular flexibility index (Phi) is 5.76. The fourth-order valence-electron chi connectivity index (χ4n) is 0.456. The van der Waals surface area contributed by atoms with E-state index >= 15 is 0 Å². The van der Waals surface area contributed by atoms with E-state index in [-0.39, 0.29) is 0 Å². The summed E-state index contributed by atoms with van der Waals surface area (Å²) in [6.07, 6.45) is 9.09. The van der Waals surface area contributed by atoms with E-state index in [0.29, 0.717) is 0 Å². The van der Waals surface area contributed by atoms with Crippen LogP contribution in [-0.4, -0.2) is 5.33 Å². The first-order chi connectivity index (χ1) is 4.31. The van der Waals surface area contributed by atoms with Gasteiger partial charge in [-0.05, 0) is 13.3 Å². The van der Waals surface area contributed by atoms with Crippen LogP contribution >= 0.6 is 15.9 Å². The van der Waals surface area contributed by atoms with Crippen LogP contribution in [0, 0.1) is 12.3 Å². The minimum Gasteiger partial charge on any atom is -0.120 e. The first-order valence-corrected chi connectivity index (χ1v) is 4.08. The summed E-state index contributed by atoms with van der Waals surface area (Å²) in [5.41, 5.74) is 1.35. The van der Waals surface area contributed by atoms with Gasteiger partial charge in [0.05, 0.1) is 0 Å². The third-order valence-corrected chi connectivity index (χ3v) is 1.88. The fraction of sp³-hybridized carbons (Fsp3) is 0.500. The molecule has 0 aliphatic carbocycles. The Morgan fingerprint density at radius 1 is 1.78 bits per heavy atom. The van der Waals surface area contributed by atoms with Crippen molar-refractivity contribution < 1.29 is 0 Å². The standard InChI is InChI=1S/C8H11Br/c1-3-4-5-6-8(2)7-9/h1,6H,4-5,7H2,2H3/b8-6+. The lowest BCUT2D eigenvalue weighted by molar-refractivity contribution is 1.07. The van der Waals surface area contributed by atoms with Crippen molar-refractivity contribution in [3.63, 3.8) is 0 Å². The van der Waals surface area contributed by atoms with Gasteiger partial charge in [0.15, 0.2) is 0 Å². The van der Waals surface area contributed by atoms with Crippen LogP contribution in [0.25, 0.3) is 0 Å². The van der Waals surface area contributed by atoms with E-state index in [2.05, 4.69) is 34.9 Å². The van der Waals surface area contributed by atoms with Crippen molar-refractivity contribution in [2.45, 2.75) is 19.8 Å². The molecule has 0 rings (SSSR count). The molecule has 0 unspecified atom stereocenters. The highest BCUT2D eigenvalue weighted by molar-refractivity contribution is 9.09. The van der Waals surface area contributed by atoms with Crippen LogP contribution in [0.15, 0.2) is 11.6 Å². The van der Waals surface area contributed by atoms with Gasteiger partial charge in [0.2, 0.25) is 0 Å². The van der Waals surface area contributed by atoms with Gasteiger partial charge in [-0.25, -0.2) is 0 Å². The minimum absolute atomic E-state index is 0.852. The van der Waals surface area contributed by atoms with E-state index in [4.69, 9.17) is 6.42 Å². The highest BCUT2D eigenvalue weighted by atomic mass is 79.9. The van der Waals surface area contributed by atoms with Gasteiger partial charge in [-0.2, -0.15) is 0 Å². The van der Waals surface area contributed by atoms with Crippen LogP contribution in [0.3, 0.4) is 0 Å². The second-order valence-corrected chi connectivity index (χ2v) is 2.49. The summed E-state index contributed by atoms with van der Waals surface area (Å²) in [5.74, 6) is 2.59. The second kappa shape index (κ2) is 5.91. The van der Waals surface area contributed by atoms with Crippen molar-refractivity contribution in [3.05, 3.63) is 11.6 Å². The van der Waals surface area contributed by atoms with Gasteiger partial charge in [0.25, 0.3) is 0 Å². The third kappa shape index (κ3) is 5.65. The van der Waals surface area contributed by atoms with Crippen molar-refractivity contribution in [2.75, 3.05) is 5.33 Å². The summed E-state index contributed by atoms with van der Waals surface area (Å²) in [6.45, 7) is 2.09. The van der Waals surface area contributed by atoms with Crippen molar-refractivity contribution in [2.24, 2.45) is 0 Å². The van der Waals surface area contributed by atoms with Gasteiger partial charge in [0.1, 0.15) is 0 Å². The van der Waals surface area contributed by atoms with Gasteiger partial charge >= 0.3 is 0 Å². The Morgan fingerprint density at radius 2 is 2.44 bits per heavy atom. The SMILES string of the molecule is C#CCC/C=C(\C)CBr. The zero-order valence-corrected chi connectivity index (χ0v) is 7.24. The van der Waals surface area contributed by atoms with E-state index in [1.165, 1.54) is 5.57 Å². The van der Waals surface area contributed by atoms with Gasteiger partial charge in [-0.15, -0.1) is 12.3 Å². The summed E-state index contributed by atoms with van der Waals surface area (Å²) in [6, 6.07) is 0. The summed E-state index contributed by atoms with van der Waals surface area (Å²) in [4.78, 5) is 0. The number of hydrogen-bond acceptors (Lipinski definition) is 0. The zero-order chi connectivity index (χ0) is 7.11. The molecule has 0 saturated heterocycles. The van der Waals surface area contributed by atoms with Crippen LogP contribution in [0.1, 0.15) is 19.8 Å². The number of allylic oxidation sites excluding steroid dienone is 2. The largest absolute Gasteiger partial charge is 0.120 e. The van der Waals surface area contributed by atoms with Crippen molar-refractivity contribution >= 4 is 15.9 Å². The zero-order valence-electron chi connectivity index (χ0n) is 5.65. The lowest BCUT2D eigenvalue weighted by Gasteiger charge is -1.89. The molecule has 0 atom stereocenters. The molecule has 0 aromatic carbocycles. The maximum Gasteiger partial charge on any atom is 0.0239 e. The molecule has 0 radical (unpaired) electrons. The van der Waals surface area contributed by atoms with E-state index in [9.17, 15) is 0 Å². The van der Waals surface area contributed by atoms with Crippen LogP contribution in [0.4, 0.5) is 0 Å². The molecule has 0 bridgehead atoms. The predicted octanol–water partition coefficient (Wildman–Crippen LogP) is 2.74. The first kappa shape index (κ1) is 8.78. The summed E-state index contributed by atoms with van der Waals surface area (Å²) in [7, 11) is 0. The molecule has 9 heavy (non-hydrogen) atoms. The molecule has 0 heterocycles. The summed E-state index contributed by atoms with van der Waals surface area (Å²) in [5, 5.41) is 0.956. The van der Waals surface area contributed by atoms with Crippen LogP contribution in [0.5, 0.6) is 0 Å². The lowest BCUT2D eigenvalue weighted by atomic mass is 10.2. The van der Waals surface area contributed by atoms with Crippen LogP contribution in [-0.2, 0) is 0 Å². The van der Waals surface area contributed by atoms with Crippen LogP contribution < -0.4 is 0 Å². The average Bonchev–Trinajstić information content (AvgIpc) is 1.89. The van der Waals surface area contributed by atoms with Gasteiger partial charge in [-0.1, -0.05) is 27.6 Å². The van der Waals surface area contributed by atoms with E-state index in [1.54, 1.807) is 0 Å². The second-order valence-electron chi connectivity index (χ2n) is 1.93. The van der Waals surface area contributed by atoms with Gasteiger partial charge in [-0.3, -0.25) is 0 Å². The molecule has 50 valence electrons. The molecule has 0 spiro atoms. The van der Waals surface area contributed by atoms with E-state index in [0.717, 1.165) is 18.2 Å². The highest BCUT2D eigenvalue weighted by Gasteiger charge is 1.82. The van der Waals surface area contributed by atoms with E-state index in [1.807, 2.05) is 0 Å².